The van der Waals surface area contributed by atoms with Gasteiger partial charge >= 0.3 is 0 Å². The number of hydrogen-bond donors (Lipinski definition) is 0. The summed E-state index contributed by atoms with van der Waals surface area (Å²) in [5.74, 6) is 0.848. The molecule has 1 aromatic rings. The molecule has 2 heterocycles. The molecule has 1 aliphatic heterocycles. The predicted octanol–water partition coefficient (Wildman–Crippen LogP) is 1.82. The lowest BCUT2D eigenvalue weighted by molar-refractivity contribution is 0.182. The lowest BCUT2D eigenvalue weighted by Gasteiger charge is -2.33. The highest BCUT2D eigenvalue weighted by Gasteiger charge is 2.33. The van der Waals surface area contributed by atoms with Crippen LogP contribution < -0.4 is 0 Å². The molecule has 1 aliphatic carbocycles. The smallest absolute Gasteiger partial charge is 0.254 e. The molecule has 2 fully saturated rings. The molecule has 0 amide bonds. The first kappa shape index (κ1) is 14.7. The van der Waals surface area contributed by atoms with E-state index in [1.807, 2.05) is 0 Å². The first-order valence-corrected chi connectivity index (χ1v) is 9.45. The molecule has 8 heteroatoms. The van der Waals surface area contributed by atoms with Gasteiger partial charge in [-0.1, -0.05) is 22.9 Å². The van der Waals surface area contributed by atoms with Crippen molar-refractivity contribution in [3.8, 4) is 0 Å². The van der Waals surface area contributed by atoms with Crippen molar-refractivity contribution in [1.82, 2.24) is 14.2 Å². The van der Waals surface area contributed by atoms with Gasteiger partial charge in [0.15, 0.2) is 8.68 Å². The van der Waals surface area contributed by atoms with Crippen LogP contribution in [0.3, 0.4) is 0 Å². The molecular formula is C12H18ClN3O2S2. The van der Waals surface area contributed by atoms with Crippen LogP contribution in [0, 0.1) is 12.8 Å². The summed E-state index contributed by atoms with van der Waals surface area (Å²) in [5, 5.41) is 0. The molecule has 0 aromatic carbocycles. The van der Waals surface area contributed by atoms with Crippen LogP contribution in [0.15, 0.2) is 4.21 Å². The second kappa shape index (κ2) is 5.53. The fraction of sp³-hybridized carbons (Fsp3) is 0.750. The largest absolute Gasteiger partial charge is 0.300 e. The summed E-state index contributed by atoms with van der Waals surface area (Å²) in [6.45, 7) is 5.58. The first-order chi connectivity index (χ1) is 9.46. The zero-order valence-corrected chi connectivity index (χ0v) is 13.8. The molecule has 5 nitrogen and oxygen atoms in total. The summed E-state index contributed by atoms with van der Waals surface area (Å²) >= 11 is 6.86. The number of aromatic nitrogens is 1. The summed E-state index contributed by atoms with van der Waals surface area (Å²) in [6.07, 6.45) is 2.66. The summed E-state index contributed by atoms with van der Waals surface area (Å²) < 4.78 is 27.3. The molecule has 0 atom stereocenters. The van der Waals surface area contributed by atoms with Crippen LogP contribution >= 0.6 is 22.9 Å². The van der Waals surface area contributed by atoms with Gasteiger partial charge in [0.05, 0.1) is 5.69 Å². The third-order valence-electron chi connectivity index (χ3n) is 3.85. The fourth-order valence-electron chi connectivity index (χ4n) is 2.53. The van der Waals surface area contributed by atoms with Crippen LogP contribution in [0.1, 0.15) is 18.5 Å². The van der Waals surface area contributed by atoms with Gasteiger partial charge in [0.25, 0.3) is 10.0 Å². The molecule has 20 heavy (non-hydrogen) atoms. The van der Waals surface area contributed by atoms with E-state index in [1.54, 1.807) is 11.2 Å². The molecule has 2 aliphatic rings. The van der Waals surface area contributed by atoms with Crippen molar-refractivity contribution in [3.05, 3.63) is 10.2 Å². The van der Waals surface area contributed by atoms with E-state index in [-0.39, 0.29) is 8.68 Å². The summed E-state index contributed by atoms with van der Waals surface area (Å²) in [7, 11) is -3.43. The average Bonchev–Trinajstić information content (AvgIpc) is 3.13. The number of aryl methyl sites for hydroxylation is 1. The van der Waals surface area contributed by atoms with E-state index in [1.165, 1.54) is 12.8 Å². The zero-order valence-electron chi connectivity index (χ0n) is 11.4. The fourth-order valence-corrected chi connectivity index (χ4v) is 5.82. The number of sulfonamides is 1. The van der Waals surface area contributed by atoms with Gasteiger partial charge in [-0.05, 0) is 25.7 Å². The number of piperazine rings is 1. The minimum absolute atomic E-state index is 0.286. The second-order valence-electron chi connectivity index (χ2n) is 5.49. The molecule has 1 aromatic heterocycles. The lowest BCUT2D eigenvalue weighted by atomic mass is 10.3. The van der Waals surface area contributed by atoms with Gasteiger partial charge in [0.2, 0.25) is 0 Å². The predicted molar refractivity (Wildman–Crippen MR) is 79.8 cm³/mol. The van der Waals surface area contributed by atoms with Crippen molar-refractivity contribution in [2.45, 2.75) is 24.0 Å². The molecular weight excluding hydrogens is 318 g/mol. The highest BCUT2D eigenvalue weighted by atomic mass is 35.5. The Morgan fingerprint density at radius 3 is 2.45 bits per heavy atom. The monoisotopic (exact) mass is 335 g/mol. The summed E-state index contributed by atoms with van der Waals surface area (Å²) in [5.41, 5.74) is 0.500. The van der Waals surface area contributed by atoms with Crippen LogP contribution in [-0.2, 0) is 10.0 Å². The molecule has 0 bridgehead atoms. The Morgan fingerprint density at radius 1 is 1.30 bits per heavy atom. The Morgan fingerprint density at radius 2 is 1.95 bits per heavy atom. The van der Waals surface area contributed by atoms with Crippen molar-refractivity contribution in [1.29, 1.82) is 0 Å². The minimum Gasteiger partial charge on any atom is -0.300 e. The van der Waals surface area contributed by atoms with Crippen LogP contribution in [0.2, 0.25) is 4.47 Å². The second-order valence-corrected chi connectivity index (χ2v) is 9.20. The maximum absolute atomic E-state index is 12.6. The maximum Gasteiger partial charge on any atom is 0.254 e. The summed E-state index contributed by atoms with van der Waals surface area (Å²) in [4.78, 5) is 6.37. The molecule has 0 unspecified atom stereocenters. The zero-order chi connectivity index (χ0) is 14.3. The van der Waals surface area contributed by atoms with Crippen LogP contribution in [0.5, 0.6) is 0 Å². The van der Waals surface area contributed by atoms with Gasteiger partial charge < -0.3 is 4.90 Å². The Kier molecular flexibility index (Phi) is 4.07. The van der Waals surface area contributed by atoms with E-state index in [9.17, 15) is 8.42 Å². The topological polar surface area (TPSA) is 53.5 Å². The maximum atomic E-state index is 12.6. The van der Waals surface area contributed by atoms with Crippen LogP contribution in [-0.4, -0.2) is 55.3 Å². The number of hydrogen-bond acceptors (Lipinski definition) is 5. The normalized spacial score (nSPS) is 22.3. The number of halogens is 1. The van der Waals surface area contributed by atoms with Crippen molar-refractivity contribution in [3.63, 3.8) is 0 Å². The van der Waals surface area contributed by atoms with Crippen molar-refractivity contribution in [2.24, 2.45) is 5.92 Å². The molecule has 3 rings (SSSR count). The van der Waals surface area contributed by atoms with E-state index < -0.39 is 10.0 Å². The Bertz CT molecular complexity index is 590. The van der Waals surface area contributed by atoms with Crippen molar-refractivity contribution in [2.75, 3.05) is 32.7 Å². The first-order valence-electron chi connectivity index (χ1n) is 6.82. The number of rotatable bonds is 4. The quantitative estimate of drug-likeness (QED) is 0.842. The van der Waals surface area contributed by atoms with Gasteiger partial charge in [-0.25, -0.2) is 13.4 Å². The van der Waals surface area contributed by atoms with Crippen LogP contribution in [0.25, 0.3) is 0 Å². The highest BCUT2D eigenvalue weighted by molar-refractivity contribution is 7.91. The minimum atomic E-state index is -3.43. The summed E-state index contributed by atoms with van der Waals surface area (Å²) in [6, 6.07) is 0. The standard InChI is InChI=1S/C12H18ClN3O2S2/c1-9-11(19-12(13)14-9)20(17,18)16-6-4-15(5-7-16)8-10-2-3-10/h10H,2-8H2,1H3. The molecule has 1 saturated carbocycles. The van der Waals surface area contributed by atoms with Crippen molar-refractivity contribution >= 4 is 33.0 Å². The Labute approximate surface area is 128 Å². The van der Waals surface area contributed by atoms with E-state index in [2.05, 4.69) is 9.88 Å². The Balaban J connectivity index is 1.68. The number of thiazole rings is 1. The van der Waals surface area contributed by atoms with Gasteiger partial charge in [-0.2, -0.15) is 4.31 Å². The van der Waals surface area contributed by atoms with Crippen molar-refractivity contribution < 1.29 is 8.42 Å². The molecule has 0 N–H and O–H groups in total. The van der Waals surface area contributed by atoms with Gasteiger partial charge in [-0.15, -0.1) is 0 Å². The third-order valence-corrected chi connectivity index (χ3v) is 7.59. The molecule has 112 valence electrons. The number of nitrogens with zero attached hydrogens (tertiary/aromatic N) is 3. The van der Waals surface area contributed by atoms with E-state index in [4.69, 9.17) is 11.6 Å². The van der Waals surface area contributed by atoms with Gasteiger partial charge in [0, 0.05) is 32.7 Å². The highest BCUT2D eigenvalue weighted by Crippen LogP contribution is 2.32. The molecule has 1 saturated heterocycles. The average molecular weight is 336 g/mol. The molecule has 0 radical (unpaired) electrons. The van der Waals surface area contributed by atoms with Crippen LogP contribution in [0.4, 0.5) is 0 Å². The third kappa shape index (κ3) is 3.01. The van der Waals surface area contributed by atoms with E-state index in [0.29, 0.717) is 18.8 Å². The van der Waals surface area contributed by atoms with Gasteiger partial charge in [0.1, 0.15) is 0 Å². The lowest BCUT2D eigenvalue weighted by Crippen LogP contribution is -2.48. The van der Waals surface area contributed by atoms with Gasteiger partial charge in [-0.3, -0.25) is 0 Å². The van der Waals surface area contributed by atoms with E-state index >= 15 is 0 Å². The molecule has 0 spiro atoms. The van der Waals surface area contributed by atoms with E-state index in [0.717, 1.165) is 36.9 Å². The SMILES string of the molecule is Cc1nc(Cl)sc1S(=O)(=O)N1CCN(CC2CC2)CC1. The Hall–Kier alpha value is -0.210.